The van der Waals surface area contributed by atoms with Crippen molar-refractivity contribution in [1.29, 1.82) is 0 Å². The Hall–Kier alpha value is -0.280. The Labute approximate surface area is 116 Å². The van der Waals surface area contributed by atoms with Gasteiger partial charge in [-0.25, -0.2) is 0 Å². The van der Waals surface area contributed by atoms with E-state index in [1.807, 2.05) is 6.07 Å². The third-order valence-corrected chi connectivity index (χ3v) is 3.27. The molecule has 0 fully saturated rings. The zero-order chi connectivity index (χ0) is 12.3. The maximum atomic E-state index is 5.82. The average Bonchev–Trinajstić information content (AvgIpc) is 2.36. The number of hydrogen-bond acceptors (Lipinski definition) is 3. The third kappa shape index (κ3) is 6.27. The summed E-state index contributed by atoms with van der Waals surface area (Å²) in [6.07, 6.45) is 5.63. The Morgan fingerprint density at radius 2 is 1.59 bits per heavy atom. The van der Waals surface area contributed by atoms with E-state index in [0.717, 1.165) is 49.5 Å². The highest BCUT2D eigenvalue weighted by Crippen LogP contribution is 2.20. The molecule has 0 amide bonds. The molecular weight excluding hydrogens is 248 g/mol. The van der Waals surface area contributed by atoms with E-state index >= 15 is 0 Å². The van der Waals surface area contributed by atoms with Gasteiger partial charge in [0.2, 0.25) is 0 Å². The monoisotopic (exact) mass is 270 g/mol. The van der Waals surface area contributed by atoms with Crippen molar-refractivity contribution in [2.24, 2.45) is 0 Å². The predicted molar refractivity (Wildman–Crippen MR) is 81.8 cm³/mol. The second kappa shape index (κ2) is 9.72. The molecule has 0 aromatic heterocycles. The van der Waals surface area contributed by atoms with Gasteiger partial charge in [0.1, 0.15) is 5.75 Å². The molecule has 0 atom stereocenters. The Morgan fingerprint density at radius 3 is 2.35 bits per heavy atom. The molecule has 17 heavy (non-hydrogen) atoms. The van der Waals surface area contributed by atoms with Crippen LogP contribution in [0.3, 0.4) is 0 Å². The van der Waals surface area contributed by atoms with Crippen molar-refractivity contribution in [2.75, 3.05) is 18.1 Å². The zero-order valence-corrected chi connectivity index (χ0v) is 12.1. The van der Waals surface area contributed by atoms with E-state index < -0.39 is 0 Å². The Bertz CT molecular complexity index is 302. The van der Waals surface area contributed by atoms with Crippen LogP contribution in [0.5, 0.6) is 5.75 Å². The van der Waals surface area contributed by atoms with Crippen molar-refractivity contribution in [3.05, 3.63) is 29.8 Å². The maximum absolute atomic E-state index is 5.82. The van der Waals surface area contributed by atoms with Crippen molar-refractivity contribution in [1.82, 2.24) is 0 Å². The fourth-order valence-electron chi connectivity index (χ4n) is 1.67. The molecule has 0 heterocycles. The molecule has 1 nitrogen and oxygen atoms in total. The highest BCUT2D eigenvalue weighted by Gasteiger charge is 2.02. The highest BCUT2D eigenvalue weighted by molar-refractivity contribution is 7.80. The predicted octanol–water partition coefficient (Wildman–Crippen LogP) is 4.03. The molecular formula is C14H22OS2. The number of benzene rings is 1. The molecule has 96 valence electrons. The summed E-state index contributed by atoms with van der Waals surface area (Å²) < 4.78 is 5.82. The van der Waals surface area contributed by atoms with Crippen molar-refractivity contribution in [3.8, 4) is 5.75 Å². The van der Waals surface area contributed by atoms with Crippen LogP contribution in [0.4, 0.5) is 0 Å². The lowest BCUT2D eigenvalue weighted by Crippen LogP contribution is -2.00. The smallest absolute Gasteiger partial charge is 0.122 e. The number of thiol groups is 2. The molecule has 0 radical (unpaired) electrons. The van der Waals surface area contributed by atoms with Crippen LogP contribution in [0.25, 0.3) is 0 Å². The fraction of sp³-hybridized carbons (Fsp3) is 0.571. The quantitative estimate of drug-likeness (QED) is 0.509. The lowest BCUT2D eigenvalue weighted by molar-refractivity contribution is 0.306. The summed E-state index contributed by atoms with van der Waals surface area (Å²) in [7, 11) is 0. The van der Waals surface area contributed by atoms with Crippen molar-refractivity contribution in [3.63, 3.8) is 0 Å². The number of hydrogen-bond donors (Lipinski definition) is 2. The van der Waals surface area contributed by atoms with Gasteiger partial charge in [-0.2, -0.15) is 25.3 Å². The van der Waals surface area contributed by atoms with Crippen LogP contribution in [0.15, 0.2) is 24.3 Å². The van der Waals surface area contributed by atoms with Crippen molar-refractivity contribution >= 4 is 25.3 Å². The van der Waals surface area contributed by atoms with Gasteiger partial charge in [-0.1, -0.05) is 18.2 Å². The van der Waals surface area contributed by atoms with Gasteiger partial charge in [-0.15, -0.1) is 0 Å². The van der Waals surface area contributed by atoms with Crippen LogP contribution in [0.1, 0.15) is 31.2 Å². The molecule has 0 saturated heterocycles. The molecule has 1 aromatic rings. The first-order valence-corrected chi connectivity index (χ1v) is 7.57. The van der Waals surface area contributed by atoms with Gasteiger partial charge >= 0.3 is 0 Å². The molecule has 0 N–H and O–H groups in total. The van der Waals surface area contributed by atoms with E-state index in [9.17, 15) is 0 Å². The topological polar surface area (TPSA) is 9.23 Å². The van der Waals surface area contributed by atoms with Crippen molar-refractivity contribution < 1.29 is 4.74 Å². The van der Waals surface area contributed by atoms with Gasteiger partial charge in [0.15, 0.2) is 0 Å². The van der Waals surface area contributed by atoms with Crippen LogP contribution in [-0.4, -0.2) is 18.1 Å². The van der Waals surface area contributed by atoms with E-state index in [1.54, 1.807) is 0 Å². The van der Waals surface area contributed by atoms with Gasteiger partial charge in [0.05, 0.1) is 6.61 Å². The average molecular weight is 270 g/mol. The van der Waals surface area contributed by atoms with Gasteiger partial charge in [-0.3, -0.25) is 0 Å². The maximum Gasteiger partial charge on any atom is 0.122 e. The van der Waals surface area contributed by atoms with Gasteiger partial charge in [0, 0.05) is 0 Å². The van der Waals surface area contributed by atoms with Crippen LogP contribution in [0.2, 0.25) is 0 Å². The number of aryl methyl sites for hydroxylation is 1. The Kier molecular flexibility index (Phi) is 8.45. The number of unbranched alkanes of at least 4 members (excludes halogenated alkanes) is 2. The molecule has 1 aromatic carbocycles. The first-order chi connectivity index (χ1) is 8.38. The number of rotatable bonds is 9. The summed E-state index contributed by atoms with van der Waals surface area (Å²) in [4.78, 5) is 0. The summed E-state index contributed by atoms with van der Waals surface area (Å²) in [5, 5.41) is 0. The molecule has 0 aliphatic carbocycles. The summed E-state index contributed by atoms with van der Waals surface area (Å²) >= 11 is 8.43. The van der Waals surface area contributed by atoms with Gasteiger partial charge < -0.3 is 4.74 Å². The van der Waals surface area contributed by atoms with Crippen LogP contribution >= 0.6 is 25.3 Å². The Balaban J connectivity index is 2.40. The summed E-state index contributed by atoms with van der Waals surface area (Å²) in [6, 6.07) is 8.34. The second-order valence-electron chi connectivity index (χ2n) is 4.07. The summed E-state index contributed by atoms with van der Waals surface area (Å²) in [5.41, 5.74) is 1.32. The molecule has 0 aliphatic heterocycles. The van der Waals surface area contributed by atoms with Crippen LogP contribution in [-0.2, 0) is 6.42 Å². The SMILES string of the molecule is SCCCCOc1ccccc1CCCCS. The molecule has 0 aliphatic rings. The molecule has 3 heteroatoms. The zero-order valence-electron chi connectivity index (χ0n) is 10.3. The molecule has 1 rings (SSSR count). The minimum atomic E-state index is 0.796. The van der Waals surface area contributed by atoms with E-state index in [-0.39, 0.29) is 0 Å². The molecule has 0 saturated carbocycles. The summed E-state index contributed by atoms with van der Waals surface area (Å²) in [5.74, 6) is 2.95. The van der Waals surface area contributed by atoms with Gasteiger partial charge in [-0.05, 0) is 55.2 Å². The third-order valence-electron chi connectivity index (χ3n) is 2.64. The molecule has 0 unspecified atom stereocenters. The summed E-state index contributed by atoms with van der Waals surface area (Å²) in [6.45, 7) is 0.796. The minimum absolute atomic E-state index is 0.796. The van der Waals surface area contributed by atoms with Crippen LogP contribution in [0, 0.1) is 0 Å². The fourth-order valence-corrected chi connectivity index (χ4v) is 2.12. The number of para-hydroxylation sites is 1. The van der Waals surface area contributed by atoms with Crippen LogP contribution < -0.4 is 4.74 Å². The number of ether oxygens (including phenoxy) is 1. The van der Waals surface area contributed by atoms with E-state index in [4.69, 9.17) is 4.74 Å². The highest BCUT2D eigenvalue weighted by atomic mass is 32.1. The first-order valence-electron chi connectivity index (χ1n) is 6.31. The lowest BCUT2D eigenvalue weighted by Gasteiger charge is -2.11. The lowest BCUT2D eigenvalue weighted by atomic mass is 10.1. The Morgan fingerprint density at radius 1 is 0.882 bits per heavy atom. The first kappa shape index (κ1) is 14.8. The van der Waals surface area contributed by atoms with Crippen molar-refractivity contribution in [2.45, 2.75) is 32.1 Å². The van der Waals surface area contributed by atoms with E-state index in [0.29, 0.717) is 0 Å². The second-order valence-corrected chi connectivity index (χ2v) is 4.96. The largest absolute Gasteiger partial charge is 0.493 e. The molecule has 0 bridgehead atoms. The van der Waals surface area contributed by atoms with E-state index in [1.165, 1.54) is 12.0 Å². The minimum Gasteiger partial charge on any atom is -0.493 e. The van der Waals surface area contributed by atoms with Gasteiger partial charge in [0.25, 0.3) is 0 Å². The molecule has 0 spiro atoms. The van der Waals surface area contributed by atoms with E-state index in [2.05, 4.69) is 43.5 Å². The normalized spacial score (nSPS) is 10.5. The standard InChI is InChI=1S/C14H22OS2/c16-11-5-3-8-13-7-1-2-9-14(13)15-10-4-6-12-17/h1-2,7,9,16-17H,3-6,8,10-12H2.